The van der Waals surface area contributed by atoms with Crippen molar-refractivity contribution in [3.05, 3.63) is 29.3 Å². The van der Waals surface area contributed by atoms with E-state index in [0.29, 0.717) is 5.92 Å². The average molecular weight is 257 g/mol. The molecule has 1 heterocycles. The summed E-state index contributed by atoms with van der Waals surface area (Å²) < 4.78 is 0. The monoisotopic (exact) mass is 257 g/mol. The Morgan fingerprint density at radius 2 is 2.21 bits per heavy atom. The van der Waals surface area contributed by atoms with Crippen LogP contribution in [0.4, 0.5) is 5.69 Å². The molecule has 102 valence electrons. The smallest absolute Gasteiger partial charge is 0.121 e. The van der Waals surface area contributed by atoms with E-state index in [1.165, 1.54) is 17.7 Å². The van der Waals surface area contributed by atoms with Crippen LogP contribution in [0.25, 0.3) is 0 Å². The fourth-order valence-electron chi connectivity index (χ4n) is 2.58. The first-order valence-corrected chi connectivity index (χ1v) is 7.08. The Hall–Kier alpha value is -1.53. The molecule has 1 aromatic carbocycles. The van der Waals surface area contributed by atoms with Gasteiger partial charge in [-0.05, 0) is 42.5 Å². The van der Waals surface area contributed by atoms with Crippen molar-refractivity contribution in [3.63, 3.8) is 0 Å². The third-order valence-corrected chi connectivity index (χ3v) is 3.65. The SMILES string of the molecule is CC(C)CNC(C#N)c1ccc2c(c1)CCCN2C. The van der Waals surface area contributed by atoms with Crippen LogP contribution in [-0.2, 0) is 6.42 Å². The van der Waals surface area contributed by atoms with E-state index in [0.717, 1.165) is 25.1 Å². The lowest BCUT2D eigenvalue weighted by molar-refractivity contribution is 0.525. The van der Waals surface area contributed by atoms with Gasteiger partial charge in [-0.25, -0.2) is 0 Å². The van der Waals surface area contributed by atoms with Crippen molar-refractivity contribution in [3.8, 4) is 6.07 Å². The first kappa shape index (κ1) is 13.9. The normalized spacial score (nSPS) is 16.1. The van der Waals surface area contributed by atoms with E-state index in [1.54, 1.807) is 0 Å². The summed E-state index contributed by atoms with van der Waals surface area (Å²) in [6, 6.07) is 8.62. The van der Waals surface area contributed by atoms with Crippen molar-refractivity contribution < 1.29 is 0 Å². The maximum absolute atomic E-state index is 9.33. The molecule has 0 aliphatic carbocycles. The maximum atomic E-state index is 9.33. The molecule has 0 aromatic heterocycles. The van der Waals surface area contributed by atoms with Crippen molar-refractivity contribution in [2.75, 3.05) is 25.0 Å². The molecule has 1 aliphatic rings. The van der Waals surface area contributed by atoms with E-state index in [1.807, 2.05) is 0 Å². The molecule has 1 unspecified atom stereocenters. The molecule has 2 rings (SSSR count). The van der Waals surface area contributed by atoms with E-state index in [4.69, 9.17) is 0 Å². The van der Waals surface area contributed by atoms with Crippen LogP contribution in [0.3, 0.4) is 0 Å². The molecule has 3 nitrogen and oxygen atoms in total. The second kappa shape index (κ2) is 6.08. The molecule has 1 atom stereocenters. The molecule has 3 heteroatoms. The number of fused-ring (bicyclic) bond motifs is 1. The van der Waals surface area contributed by atoms with Crippen molar-refractivity contribution >= 4 is 5.69 Å². The van der Waals surface area contributed by atoms with E-state index < -0.39 is 0 Å². The van der Waals surface area contributed by atoms with Crippen LogP contribution in [0.5, 0.6) is 0 Å². The molecule has 1 N–H and O–H groups in total. The highest BCUT2D eigenvalue weighted by atomic mass is 15.1. The molecule has 0 radical (unpaired) electrons. The van der Waals surface area contributed by atoms with Crippen molar-refractivity contribution in [1.82, 2.24) is 5.32 Å². The van der Waals surface area contributed by atoms with Gasteiger partial charge in [-0.3, -0.25) is 5.32 Å². The van der Waals surface area contributed by atoms with E-state index >= 15 is 0 Å². The van der Waals surface area contributed by atoms with Gasteiger partial charge in [0, 0.05) is 19.3 Å². The highest BCUT2D eigenvalue weighted by molar-refractivity contribution is 5.56. The Morgan fingerprint density at radius 3 is 2.89 bits per heavy atom. The summed E-state index contributed by atoms with van der Waals surface area (Å²) in [5, 5.41) is 12.7. The van der Waals surface area contributed by atoms with Gasteiger partial charge < -0.3 is 4.90 Å². The molecule has 1 aromatic rings. The Labute approximate surface area is 116 Å². The molecule has 0 saturated carbocycles. The maximum Gasteiger partial charge on any atom is 0.121 e. The van der Waals surface area contributed by atoms with Crippen LogP contribution in [0.2, 0.25) is 0 Å². The molecule has 0 spiro atoms. The number of nitrogens with zero attached hydrogens (tertiary/aromatic N) is 2. The number of nitrogens with one attached hydrogen (secondary N) is 1. The summed E-state index contributed by atoms with van der Waals surface area (Å²) in [4.78, 5) is 2.30. The first-order valence-electron chi connectivity index (χ1n) is 7.08. The van der Waals surface area contributed by atoms with Crippen molar-refractivity contribution in [1.29, 1.82) is 5.26 Å². The number of nitriles is 1. The summed E-state index contributed by atoms with van der Waals surface area (Å²) in [7, 11) is 2.14. The molecule has 19 heavy (non-hydrogen) atoms. The van der Waals surface area contributed by atoms with Crippen molar-refractivity contribution in [2.45, 2.75) is 32.7 Å². The predicted molar refractivity (Wildman–Crippen MR) is 79.2 cm³/mol. The molecular formula is C16H23N3. The Bertz CT molecular complexity index is 473. The van der Waals surface area contributed by atoms with Gasteiger partial charge in [0.15, 0.2) is 0 Å². The van der Waals surface area contributed by atoms with Crippen LogP contribution in [-0.4, -0.2) is 20.1 Å². The topological polar surface area (TPSA) is 39.1 Å². The third kappa shape index (κ3) is 3.27. The zero-order valence-electron chi connectivity index (χ0n) is 12.1. The number of rotatable bonds is 4. The first-order chi connectivity index (χ1) is 9.11. The second-order valence-electron chi connectivity index (χ2n) is 5.78. The standard InChI is InChI=1S/C16H23N3/c1-12(2)11-18-15(10-17)13-6-7-16-14(9-13)5-4-8-19(16)3/h6-7,9,12,15,18H,4-5,8,11H2,1-3H3. The zero-order valence-corrected chi connectivity index (χ0v) is 12.1. The summed E-state index contributed by atoms with van der Waals surface area (Å²) in [6.45, 7) is 6.31. The largest absolute Gasteiger partial charge is 0.374 e. The highest BCUT2D eigenvalue weighted by Crippen LogP contribution is 2.28. The average Bonchev–Trinajstić information content (AvgIpc) is 2.39. The second-order valence-corrected chi connectivity index (χ2v) is 5.78. The molecule has 0 amide bonds. The minimum Gasteiger partial charge on any atom is -0.374 e. The van der Waals surface area contributed by atoms with Crippen LogP contribution >= 0.6 is 0 Å². The molecule has 0 saturated heterocycles. The number of aryl methyl sites for hydroxylation is 1. The lowest BCUT2D eigenvalue weighted by Gasteiger charge is -2.28. The van der Waals surface area contributed by atoms with Gasteiger partial charge in [0.2, 0.25) is 0 Å². The van der Waals surface area contributed by atoms with Gasteiger partial charge in [-0.1, -0.05) is 26.0 Å². The van der Waals surface area contributed by atoms with E-state index in [-0.39, 0.29) is 6.04 Å². The third-order valence-electron chi connectivity index (χ3n) is 3.65. The van der Waals surface area contributed by atoms with Gasteiger partial charge in [0.1, 0.15) is 6.04 Å². The van der Waals surface area contributed by atoms with E-state index in [2.05, 4.69) is 55.4 Å². The summed E-state index contributed by atoms with van der Waals surface area (Å²) in [5.41, 5.74) is 3.78. The van der Waals surface area contributed by atoms with E-state index in [9.17, 15) is 5.26 Å². The quantitative estimate of drug-likeness (QED) is 0.901. The van der Waals surface area contributed by atoms with Gasteiger partial charge in [0.25, 0.3) is 0 Å². The van der Waals surface area contributed by atoms with Gasteiger partial charge >= 0.3 is 0 Å². The van der Waals surface area contributed by atoms with Crippen LogP contribution in [0, 0.1) is 17.2 Å². The summed E-state index contributed by atoms with van der Waals surface area (Å²) in [5.74, 6) is 0.555. The summed E-state index contributed by atoms with van der Waals surface area (Å²) >= 11 is 0. The molecule has 1 aliphatic heterocycles. The van der Waals surface area contributed by atoms with Crippen molar-refractivity contribution in [2.24, 2.45) is 5.92 Å². The lowest BCUT2D eigenvalue weighted by atomic mass is 9.97. The molecular weight excluding hydrogens is 234 g/mol. The minimum absolute atomic E-state index is 0.195. The molecule has 0 bridgehead atoms. The van der Waals surface area contributed by atoms with Gasteiger partial charge in [0.05, 0.1) is 6.07 Å². The van der Waals surface area contributed by atoms with Gasteiger partial charge in [-0.2, -0.15) is 5.26 Å². The molecule has 0 fully saturated rings. The van der Waals surface area contributed by atoms with Crippen LogP contribution < -0.4 is 10.2 Å². The van der Waals surface area contributed by atoms with Crippen LogP contribution in [0.15, 0.2) is 18.2 Å². The number of benzene rings is 1. The number of anilines is 1. The Morgan fingerprint density at radius 1 is 1.42 bits per heavy atom. The fourth-order valence-corrected chi connectivity index (χ4v) is 2.58. The highest BCUT2D eigenvalue weighted by Gasteiger charge is 2.17. The van der Waals surface area contributed by atoms with Crippen LogP contribution in [0.1, 0.15) is 37.4 Å². The predicted octanol–water partition coefficient (Wildman–Crippen LogP) is 2.88. The Kier molecular flexibility index (Phi) is 4.44. The minimum atomic E-state index is -0.195. The zero-order chi connectivity index (χ0) is 13.8. The summed E-state index contributed by atoms with van der Waals surface area (Å²) in [6.07, 6.45) is 2.32. The fraction of sp³-hybridized carbons (Fsp3) is 0.562. The van der Waals surface area contributed by atoms with Gasteiger partial charge in [-0.15, -0.1) is 0 Å². The lowest BCUT2D eigenvalue weighted by Crippen LogP contribution is -2.26. The number of hydrogen-bond acceptors (Lipinski definition) is 3. The number of hydrogen-bond donors (Lipinski definition) is 1. The Balaban J connectivity index is 2.18.